The van der Waals surface area contributed by atoms with Crippen LogP contribution in [-0.4, -0.2) is 34.4 Å². The van der Waals surface area contributed by atoms with Gasteiger partial charge in [-0.1, -0.05) is 43.1 Å². The maximum Gasteiger partial charge on any atom is 0.336 e. The first kappa shape index (κ1) is 18.9. The number of halogens is 1. The fourth-order valence-electron chi connectivity index (χ4n) is 2.50. The maximum atomic E-state index is 13.1. The lowest BCUT2D eigenvalue weighted by Crippen LogP contribution is -2.15. The van der Waals surface area contributed by atoms with E-state index in [9.17, 15) is 4.79 Å². The number of aromatic nitrogens is 3. The molecule has 0 atom stereocenters. The zero-order valence-electron chi connectivity index (χ0n) is 15.2. The molecule has 0 aliphatic rings. The number of carbonyl (C=O) groups excluding carboxylic acids is 1. The van der Waals surface area contributed by atoms with Crippen LogP contribution in [0, 0.1) is 0 Å². The van der Waals surface area contributed by atoms with Crippen molar-refractivity contribution < 1.29 is 14.3 Å². The Kier molecular flexibility index (Phi) is 6.08. The van der Waals surface area contributed by atoms with Gasteiger partial charge in [0.2, 0.25) is 0 Å². The van der Waals surface area contributed by atoms with Crippen LogP contribution in [0.1, 0.15) is 30.1 Å². The Hall–Kier alpha value is -2.86. The summed E-state index contributed by atoms with van der Waals surface area (Å²) in [7, 11) is 1.55. The quantitative estimate of drug-likeness (QED) is 0.561. The van der Waals surface area contributed by atoms with Gasteiger partial charge in [0.15, 0.2) is 5.82 Å². The van der Waals surface area contributed by atoms with E-state index in [-0.39, 0.29) is 11.9 Å². The second-order valence-corrected chi connectivity index (χ2v) is 6.32. The second kappa shape index (κ2) is 8.68. The Balaban J connectivity index is 2.02. The van der Waals surface area contributed by atoms with E-state index in [2.05, 4.69) is 17.0 Å². The molecule has 0 aliphatic heterocycles. The van der Waals surface area contributed by atoms with Crippen LogP contribution in [0.25, 0.3) is 11.4 Å². The average Bonchev–Trinajstić information content (AvgIpc) is 3.12. The van der Waals surface area contributed by atoms with Gasteiger partial charge in [-0.2, -0.15) is 9.67 Å². The molecule has 0 amide bonds. The van der Waals surface area contributed by atoms with Gasteiger partial charge in [0.05, 0.1) is 13.7 Å². The van der Waals surface area contributed by atoms with Crippen molar-refractivity contribution in [3.05, 3.63) is 59.1 Å². The summed E-state index contributed by atoms with van der Waals surface area (Å²) in [6, 6.07) is 14.1. The molecule has 0 unspecified atom stereocenters. The first-order valence-corrected chi connectivity index (χ1v) is 9.04. The van der Waals surface area contributed by atoms with E-state index in [1.165, 1.54) is 4.68 Å². The average molecular weight is 386 g/mol. The zero-order valence-corrected chi connectivity index (χ0v) is 15.9. The van der Waals surface area contributed by atoms with Gasteiger partial charge in [0.1, 0.15) is 5.75 Å². The molecule has 0 saturated heterocycles. The molecule has 0 radical (unpaired) electrons. The highest BCUT2D eigenvalue weighted by Gasteiger charge is 2.20. The Morgan fingerprint density at radius 1 is 1.19 bits per heavy atom. The Labute approximate surface area is 162 Å². The van der Waals surface area contributed by atoms with Crippen molar-refractivity contribution in [3.8, 4) is 23.1 Å². The minimum atomic E-state index is -0.332. The van der Waals surface area contributed by atoms with Crippen LogP contribution in [0.5, 0.6) is 11.8 Å². The summed E-state index contributed by atoms with van der Waals surface area (Å²) in [5.74, 6) is 0.628. The van der Waals surface area contributed by atoms with E-state index in [1.54, 1.807) is 49.6 Å². The molecule has 3 aromatic rings. The van der Waals surface area contributed by atoms with Gasteiger partial charge in [-0.15, -0.1) is 5.10 Å². The van der Waals surface area contributed by atoms with Gasteiger partial charge in [0, 0.05) is 16.1 Å². The predicted molar refractivity (Wildman–Crippen MR) is 104 cm³/mol. The molecular weight excluding hydrogens is 366 g/mol. The topological polar surface area (TPSA) is 66.2 Å². The number of rotatable bonds is 7. The molecule has 2 aromatic carbocycles. The molecule has 0 aliphatic carbocycles. The standard InChI is InChI=1S/C20H20ClN3O3/c1-3-4-11-27-20-22-18(14-7-5-9-16(21)12-14)24(23-20)19(25)15-8-6-10-17(13-15)26-2/h5-10,12-13H,3-4,11H2,1-2H3. The van der Waals surface area contributed by atoms with Gasteiger partial charge in [-0.3, -0.25) is 4.79 Å². The van der Waals surface area contributed by atoms with Crippen molar-refractivity contribution in [2.75, 3.05) is 13.7 Å². The van der Waals surface area contributed by atoms with E-state index in [0.29, 0.717) is 34.3 Å². The maximum absolute atomic E-state index is 13.1. The number of hydrogen-bond acceptors (Lipinski definition) is 5. The highest BCUT2D eigenvalue weighted by molar-refractivity contribution is 6.30. The van der Waals surface area contributed by atoms with Crippen LogP contribution in [0.2, 0.25) is 5.02 Å². The lowest BCUT2D eigenvalue weighted by Gasteiger charge is -2.06. The van der Waals surface area contributed by atoms with Crippen molar-refractivity contribution in [2.45, 2.75) is 19.8 Å². The SMILES string of the molecule is CCCCOc1nc(-c2cccc(Cl)c2)n(C(=O)c2cccc(OC)c2)n1. The molecule has 7 heteroatoms. The first-order chi connectivity index (χ1) is 13.1. The van der Waals surface area contributed by atoms with E-state index < -0.39 is 0 Å². The molecule has 27 heavy (non-hydrogen) atoms. The minimum Gasteiger partial charge on any atom is -0.497 e. The monoisotopic (exact) mass is 385 g/mol. The van der Waals surface area contributed by atoms with Gasteiger partial charge in [0.25, 0.3) is 5.91 Å². The molecule has 3 rings (SSSR count). The fourth-order valence-corrected chi connectivity index (χ4v) is 2.69. The Bertz CT molecular complexity index is 940. The van der Waals surface area contributed by atoms with Crippen LogP contribution in [0.4, 0.5) is 0 Å². The summed E-state index contributed by atoms with van der Waals surface area (Å²) >= 11 is 6.10. The highest BCUT2D eigenvalue weighted by Crippen LogP contribution is 2.24. The van der Waals surface area contributed by atoms with Crippen LogP contribution in [-0.2, 0) is 0 Å². The largest absolute Gasteiger partial charge is 0.497 e. The number of nitrogens with zero attached hydrogens (tertiary/aromatic N) is 3. The third-order valence-corrected chi connectivity index (χ3v) is 4.14. The molecule has 140 valence electrons. The van der Waals surface area contributed by atoms with Crippen molar-refractivity contribution in [1.29, 1.82) is 0 Å². The molecular formula is C20H20ClN3O3. The second-order valence-electron chi connectivity index (χ2n) is 5.88. The molecule has 0 bridgehead atoms. The smallest absolute Gasteiger partial charge is 0.336 e. The molecule has 0 spiro atoms. The lowest BCUT2D eigenvalue weighted by molar-refractivity contribution is 0.0944. The van der Waals surface area contributed by atoms with E-state index in [1.807, 2.05) is 6.07 Å². The first-order valence-electron chi connectivity index (χ1n) is 8.67. The van der Waals surface area contributed by atoms with Crippen LogP contribution in [0.3, 0.4) is 0 Å². The number of hydrogen-bond donors (Lipinski definition) is 0. The molecule has 1 aromatic heterocycles. The third kappa shape index (κ3) is 4.46. The number of unbranched alkanes of at least 4 members (excludes halogenated alkanes) is 1. The minimum absolute atomic E-state index is 0.162. The van der Waals surface area contributed by atoms with Gasteiger partial charge >= 0.3 is 6.01 Å². The zero-order chi connectivity index (χ0) is 19.2. The van der Waals surface area contributed by atoms with Crippen molar-refractivity contribution >= 4 is 17.5 Å². The lowest BCUT2D eigenvalue weighted by atomic mass is 10.2. The van der Waals surface area contributed by atoms with Crippen LogP contribution >= 0.6 is 11.6 Å². The summed E-state index contributed by atoms with van der Waals surface area (Å²) < 4.78 is 12.0. The van der Waals surface area contributed by atoms with E-state index in [0.717, 1.165) is 12.8 Å². The molecule has 0 saturated carbocycles. The molecule has 0 N–H and O–H groups in total. The molecule has 0 fully saturated rings. The van der Waals surface area contributed by atoms with Crippen molar-refractivity contribution in [3.63, 3.8) is 0 Å². The van der Waals surface area contributed by atoms with E-state index >= 15 is 0 Å². The third-order valence-electron chi connectivity index (χ3n) is 3.91. The summed E-state index contributed by atoms with van der Waals surface area (Å²) in [5.41, 5.74) is 1.11. The van der Waals surface area contributed by atoms with Crippen molar-refractivity contribution in [1.82, 2.24) is 14.8 Å². The molecule has 1 heterocycles. The summed E-state index contributed by atoms with van der Waals surface area (Å²) in [5, 5.41) is 4.82. The number of methoxy groups -OCH3 is 1. The number of carbonyl (C=O) groups is 1. The summed E-state index contributed by atoms with van der Waals surface area (Å²) in [6.07, 6.45) is 1.87. The normalized spacial score (nSPS) is 10.6. The summed E-state index contributed by atoms with van der Waals surface area (Å²) in [6.45, 7) is 2.56. The van der Waals surface area contributed by atoms with Crippen LogP contribution in [0.15, 0.2) is 48.5 Å². The number of ether oxygens (including phenoxy) is 2. The fraction of sp³-hybridized carbons (Fsp3) is 0.250. The summed E-state index contributed by atoms with van der Waals surface area (Å²) in [4.78, 5) is 17.5. The van der Waals surface area contributed by atoms with E-state index in [4.69, 9.17) is 21.1 Å². The highest BCUT2D eigenvalue weighted by atomic mass is 35.5. The van der Waals surface area contributed by atoms with Gasteiger partial charge in [-0.05, 0) is 36.8 Å². The predicted octanol–water partition coefficient (Wildman–Crippen LogP) is 4.47. The van der Waals surface area contributed by atoms with Crippen LogP contribution < -0.4 is 9.47 Å². The number of benzene rings is 2. The van der Waals surface area contributed by atoms with Gasteiger partial charge in [-0.25, -0.2) is 0 Å². The van der Waals surface area contributed by atoms with Crippen molar-refractivity contribution in [2.24, 2.45) is 0 Å². The molecule has 6 nitrogen and oxygen atoms in total. The Morgan fingerprint density at radius 3 is 2.74 bits per heavy atom. The Morgan fingerprint density at radius 2 is 2.00 bits per heavy atom. The van der Waals surface area contributed by atoms with Gasteiger partial charge < -0.3 is 9.47 Å².